The van der Waals surface area contributed by atoms with Gasteiger partial charge in [-0.3, -0.25) is 4.79 Å². The predicted molar refractivity (Wildman–Crippen MR) is 55.8 cm³/mol. The van der Waals surface area contributed by atoms with E-state index in [-0.39, 0.29) is 5.78 Å². The molecule has 4 heteroatoms. The fraction of sp³-hybridized carbons (Fsp3) is 0.636. The smallest absolute Gasteiger partial charge is 0.194 e. The largest absolute Gasteiger partial charge is 0.448 e. The third kappa shape index (κ3) is 2.65. The Morgan fingerprint density at radius 1 is 1.73 bits per heavy atom. The number of piperidine rings is 1. The molecular weight excluding hydrogens is 192 g/mol. The van der Waals surface area contributed by atoms with Crippen molar-refractivity contribution in [3.05, 3.63) is 17.8 Å². The molecule has 0 aliphatic carbocycles. The van der Waals surface area contributed by atoms with Crippen LogP contribution in [0.15, 0.2) is 10.7 Å². The highest BCUT2D eigenvalue weighted by Crippen LogP contribution is 2.16. The SMILES string of the molecule is CC(=O)c1coc(CC2CCCNC2)n1. The Hall–Kier alpha value is -1.16. The van der Waals surface area contributed by atoms with Gasteiger partial charge in [0.05, 0.1) is 0 Å². The normalized spacial score (nSPS) is 21.5. The average molecular weight is 208 g/mol. The molecule has 0 saturated carbocycles. The van der Waals surface area contributed by atoms with Crippen molar-refractivity contribution in [3.8, 4) is 0 Å². The number of hydrogen-bond acceptors (Lipinski definition) is 4. The highest BCUT2D eigenvalue weighted by molar-refractivity contribution is 5.91. The quantitative estimate of drug-likeness (QED) is 0.763. The maximum Gasteiger partial charge on any atom is 0.194 e. The van der Waals surface area contributed by atoms with Crippen LogP contribution in [0.1, 0.15) is 36.1 Å². The number of nitrogens with one attached hydrogen (secondary N) is 1. The molecule has 2 heterocycles. The van der Waals surface area contributed by atoms with Gasteiger partial charge in [-0.05, 0) is 31.8 Å². The van der Waals surface area contributed by atoms with Gasteiger partial charge in [-0.1, -0.05) is 0 Å². The second-order valence-electron chi connectivity index (χ2n) is 4.10. The van der Waals surface area contributed by atoms with Gasteiger partial charge in [-0.2, -0.15) is 0 Å². The van der Waals surface area contributed by atoms with Crippen molar-refractivity contribution in [2.75, 3.05) is 13.1 Å². The maximum absolute atomic E-state index is 11.0. The predicted octanol–water partition coefficient (Wildman–Crippen LogP) is 1.42. The van der Waals surface area contributed by atoms with Crippen molar-refractivity contribution in [1.29, 1.82) is 0 Å². The van der Waals surface area contributed by atoms with Gasteiger partial charge in [-0.15, -0.1) is 0 Å². The zero-order valence-corrected chi connectivity index (χ0v) is 8.95. The van der Waals surface area contributed by atoms with E-state index in [2.05, 4.69) is 10.3 Å². The first kappa shape index (κ1) is 10.4. The average Bonchev–Trinajstić information content (AvgIpc) is 2.68. The first-order valence-corrected chi connectivity index (χ1v) is 5.42. The van der Waals surface area contributed by atoms with E-state index in [4.69, 9.17) is 4.42 Å². The lowest BCUT2D eigenvalue weighted by molar-refractivity contribution is 0.101. The zero-order valence-electron chi connectivity index (χ0n) is 8.95. The highest BCUT2D eigenvalue weighted by Gasteiger charge is 2.17. The van der Waals surface area contributed by atoms with Crippen LogP contribution in [0.4, 0.5) is 0 Å². The van der Waals surface area contributed by atoms with Crippen LogP contribution in [0.25, 0.3) is 0 Å². The van der Waals surface area contributed by atoms with E-state index in [1.165, 1.54) is 26.0 Å². The summed E-state index contributed by atoms with van der Waals surface area (Å²) in [5.74, 6) is 1.25. The summed E-state index contributed by atoms with van der Waals surface area (Å²) >= 11 is 0. The molecule has 1 unspecified atom stereocenters. The van der Waals surface area contributed by atoms with Crippen LogP contribution in [0.2, 0.25) is 0 Å². The molecule has 1 N–H and O–H groups in total. The fourth-order valence-electron chi connectivity index (χ4n) is 1.91. The molecule has 1 saturated heterocycles. The summed E-state index contributed by atoms with van der Waals surface area (Å²) in [5, 5.41) is 3.35. The number of aromatic nitrogens is 1. The highest BCUT2D eigenvalue weighted by atomic mass is 16.3. The minimum absolute atomic E-state index is 0.0354. The number of hydrogen-bond donors (Lipinski definition) is 1. The summed E-state index contributed by atoms with van der Waals surface area (Å²) in [6.45, 7) is 3.64. The van der Waals surface area contributed by atoms with Gasteiger partial charge in [0, 0.05) is 13.3 Å². The van der Waals surface area contributed by atoms with Crippen molar-refractivity contribution in [2.45, 2.75) is 26.2 Å². The van der Waals surface area contributed by atoms with Crippen molar-refractivity contribution in [3.63, 3.8) is 0 Å². The number of Topliss-reactive ketones (excluding diaryl/α,β-unsaturated/α-hetero) is 1. The van der Waals surface area contributed by atoms with E-state index >= 15 is 0 Å². The molecule has 2 rings (SSSR count). The molecule has 1 aromatic rings. The maximum atomic E-state index is 11.0. The number of oxazole rings is 1. The van der Waals surface area contributed by atoms with Crippen LogP contribution < -0.4 is 5.32 Å². The number of carbonyl (C=O) groups excluding carboxylic acids is 1. The minimum atomic E-state index is -0.0354. The second kappa shape index (κ2) is 4.57. The summed E-state index contributed by atoms with van der Waals surface area (Å²) < 4.78 is 5.27. The van der Waals surface area contributed by atoms with Crippen LogP contribution in [0, 0.1) is 5.92 Å². The number of rotatable bonds is 3. The van der Waals surface area contributed by atoms with Crippen molar-refractivity contribution in [2.24, 2.45) is 5.92 Å². The Labute approximate surface area is 89.1 Å². The van der Waals surface area contributed by atoms with E-state index in [0.717, 1.165) is 19.5 Å². The molecule has 0 radical (unpaired) electrons. The summed E-state index contributed by atoms with van der Waals surface area (Å²) in [6, 6.07) is 0. The van der Waals surface area contributed by atoms with E-state index in [1.807, 2.05) is 0 Å². The molecule has 1 aliphatic heterocycles. The first-order chi connectivity index (χ1) is 7.25. The molecular formula is C11H16N2O2. The summed E-state index contributed by atoms with van der Waals surface area (Å²) in [4.78, 5) is 15.2. The van der Waals surface area contributed by atoms with E-state index in [1.54, 1.807) is 0 Å². The van der Waals surface area contributed by atoms with E-state index in [0.29, 0.717) is 17.5 Å². The topological polar surface area (TPSA) is 55.1 Å². The molecule has 82 valence electrons. The lowest BCUT2D eigenvalue weighted by atomic mass is 9.96. The standard InChI is InChI=1S/C11H16N2O2/c1-8(14)10-7-15-11(13-10)5-9-3-2-4-12-6-9/h7,9,12H,2-6H2,1H3. The zero-order chi connectivity index (χ0) is 10.7. The van der Waals surface area contributed by atoms with Crippen LogP contribution in [0.3, 0.4) is 0 Å². The van der Waals surface area contributed by atoms with Gasteiger partial charge in [0.1, 0.15) is 12.0 Å². The van der Waals surface area contributed by atoms with Gasteiger partial charge in [0.2, 0.25) is 0 Å². The second-order valence-corrected chi connectivity index (χ2v) is 4.10. The minimum Gasteiger partial charge on any atom is -0.448 e. The monoisotopic (exact) mass is 208 g/mol. The summed E-state index contributed by atoms with van der Waals surface area (Å²) in [6.07, 6.45) is 4.71. The Morgan fingerprint density at radius 2 is 2.60 bits per heavy atom. The Balaban J connectivity index is 1.94. The van der Waals surface area contributed by atoms with Gasteiger partial charge in [-0.25, -0.2) is 4.98 Å². The third-order valence-corrected chi connectivity index (χ3v) is 2.77. The van der Waals surface area contributed by atoms with Gasteiger partial charge < -0.3 is 9.73 Å². The van der Waals surface area contributed by atoms with Crippen molar-refractivity contribution in [1.82, 2.24) is 10.3 Å². The lowest BCUT2D eigenvalue weighted by Gasteiger charge is -2.21. The molecule has 1 atom stereocenters. The van der Waals surface area contributed by atoms with Crippen molar-refractivity contribution < 1.29 is 9.21 Å². The third-order valence-electron chi connectivity index (χ3n) is 2.77. The van der Waals surface area contributed by atoms with Gasteiger partial charge >= 0.3 is 0 Å². The van der Waals surface area contributed by atoms with Crippen LogP contribution in [0.5, 0.6) is 0 Å². The molecule has 0 amide bonds. The molecule has 15 heavy (non-hydrogen) atoms. The Morgan fingerprint density at radius 3 is 3.20 bits per heavy atom. The molecule has 1 aliphatic rings. The van der Waals surface area contributed by atoms with Crippen LogP contribution in [-0.4, -0.2) is 23.9 Å². The van der Waals surface area contributed by atoms with E-state index in [9.17, 15) is 4.79 Å². The van der Waals surface area contributed by atoms with Crippen LogP contribution in [-0.2, 0) is 6.42 Å². The Kier molecular flexibility index (Phi) is 3.16. The molecule has 0 bridgehead atoms. The Bertz CT molecular complexity index is 340. The molecule has 0 spiro atoms. The number of nitrogens with zero attached hydrogens (tertiary/aromatic N) is 1. The number of ketones is 1. The fourth-order valence-corrected chi connectivity index (χ4v) is 1.91. The van der Waals surface area contributed by atoms with E-state index < -0.39 is 0 Å². The first-order valence-electron chi connectivity index (χ1n) is 5.42. The van der Waals surface area contributed by atoms with Gasteiger partial charge in [0.15, 0.2) is 11.7 Å². The molecule has 0 aromatic carbocycles. The summed E-state index contributed by atoms with van der Waals surface area (Å²) in [7, 11) is 0. The number of carbonyl (C=O) groups is 1. The lowest BCUT2D eigenvalue weighted by Crippen LogP contribution is -2.30. The van der Waals surface area contributed by atoms with Crippen LogP contribution >= 0.6 is 0 Å². The van der Waals surface area contributed by atoms with Crippen molar-refractivity contribution >= 4 is 5.78 Å². The van der Waals surface area contributed by atoms with Gasteiger partial charge in [0.25, 0.3) is 0 Å². The molecule has 4 nitrogen and oxygen atoms in total. The molecule has 1 aromatic heterocycles. The molecule has 1 fully saturated rings. The summed E-state index contributed by atoms with van der Waals surface area (Å²) in [5.41, 5.74) is 0.439.